The summed E-state index contributed by atoms with van der Waals surface area (Å²) >= 11 is 0. The number of nitrogens with two attached hydrogens (primary N) is 2. The number of aromatic amines is 2. The van der Waals surface area contributed by atoms with Crippen molar-refractivity contribution in [1.82, 2.24) is 31.0 Å². The van der Waals surface area contributed by atoms with Gasteiger partial charge in [-0.25, -0.2) is 14.5 Å². The molecule has 2 aromatic heterocycles. The summed E-state index contributed by atoms with van der Waals surface area (Å²) in [6.07, 6.45) is 0. The maximum atomic E-state index is 11.2. The molecular formula is C35H21N12O8Y3-3. The molecule has 0 spiro atoms. The third-order valence-corrected chi connectivity index (χ3v) is 7.34. The molecule has 4 heterocycles. The number of benzene rings is 4. The fraction of sp³-hybridized carbons (Fsp3) is 0. The number of nitrogens with zero attached hydrogens (tertiary/aromatic N) is 5. The molecule has 20 nitrogen and oxygen atoms in total. The van der Waals surface area contributed by atoms with E-state index in [1.165, 1.54) is 60.7 Å². The monoisotopic (exact) mass is 1000 g/mol. The van der Waals surface area contributed by atoms with Gasteiger partial charge in [0, 0.05) is 131 Å². The van der Waals surface area contributed by atoms with Crippen molar-refractivity contribution < 1.29 is 117 Å². The van der Waals surface area contributed by atoms with Crippen LogP contribution in [0.4, 0.5) is 22.7 Å². The zero-order valence-electron chi connectivity index (χ0n) is 29.3. The van der Waals surface area contributed by atoms with Crippen LogP contribution in [0.2, 0.25) is 0 Å². The van der Waals surface area contributed by atoms with Crippen LogP contribution in [0, 0.1) is 19.7 Å². The second kappa shape index (κ2) is 23.1. The number of anilines is 1. The van der Waals surface area contributed by atoms with Crippen LogP contribution in [0.25, 0.3) is 41.9 Å². The van der Waals surface area contributed by atoms with E-state index in [4.69, 9.17) is 31.3 Å². The molecule has 2 aliphatic heterocycles. The first-order valence-corrected chi connectivity index (χ1v) is 14.9. The van der Waals surface area contributed by atoms with Gasteiger partial charge in [0.2, 0.25) is 11.1 Å². The summed E-state index contributed by atoms with van der Waals surface area (Å²) in [5.74, 6) is 7.46. The minimum absolute atomic E-state index is 0. The van der Waals surface area contributed by atoms with Gasteiger partial charge in [0.1, 0.15) is 0 Å². The fourth-order valence-corrected chi connectivity index (χ4v) is 4.81. The molecule has 0 fully saturated rings. The largest absolute Gasteiger partial charge is 0.615 e. The molecule has 281 valence electrons. The number of carbonyl (C=O) groups excluding carboxylic acids is 4. The van der Waals surface area contributed by atoms with Gasteiger partial charge in [0.05, 0.1) is 47.5 Å². The van der Waals surface area contributed by atoms with Gasteiger partial charge >= 0.3 is 0 Å². The van der Waals surface area contributed by atoms with Crippen molar-refractivity contribution in [2.75, 3.05) is 5.73 Å². The second-order valence-electron chi connectivity index (χ2n) is 10.6. The molecule has 0 atom stereocenters. The van der Waals surface area contributed by atoms with Gasteiger partial charge in [-0.05, 0) is 36.4 Å². The quantitative estimate of drug-likeness (QED) is 0.0419. The van der Waals surface area contributed by atoms with Gasteiger partial charge in [-0.2, -0.15) is 0 Å². The minimum Gasteiger partial charge on any atom is -0.615 e. The second-order valence-corrected chi connectivity index (χ2v) is 10.6. The average molecular weight is 1000 g/mol. The summed E-state index contributed by atoms with van der Waals surface area (Å²) in [6, 6.07) is 17.7. The molecule has 0 saturated heterocycles. The van der Waals surface area contributed by atoms with Crippen molar-refractivity contribution in [2.24, 2.45) is 5.84 Å². The van der Waals surface area contributed by atoms with Gasteiger partial charge in [-0.3, -0.25) is 39.4 Å². The van der Waals surface area contributed by atoms with E-state index >= 15 is 0 Å². The fourth-order valence-electron chi connectivity index (χ4n) is 4.81. The number of hydrogen-bond donors (Lipinski definition) is 6. The standard InChI is InChI=1S/2C9H5N3O2.C9H4N2O2.C8H6N2O2.H3N2.3Y/c2*1-10-5-2-3-6-7(4-5)9(14)12-11-8(6)13;1-10-5-2-3-6-7(4-5)9(13)11-8(6)12;9-4-1-2-5-6(3-4)8(12)10-7(5)11;1-2;;;/h2*2-4H,(H2,11,12,13,14);2-4H,(H,11,12,13);1-3H,9H2,(H,10,11,12);1H,2H2;;;/q;;;;-1;;;/p-2. The molecule has 8 rings (SSSR count). The first kappa shape index (κ1) is 50.6. The molecule has 4 amide bonds. The first-order valence-electron chi connectivity index (χ1n) is 14.9. The Labute approximate surface area is 400 Å². The number of aromatic nitrogens is 4. The van der Waals surface area contributed by atoms with E-state index in [2.05, 4.69) is 51.4 Å². The van der Waals surface area contributed by atoms with Crippen LogP contribution in [-0.4, -0.2) is 33.8 Å². The van der Waals surface area contributed by atoms with Crippen molar-refractivity contribution in [3.63, 3.8) is 0 Å². The van der Waals surface area contributed by atoms with E-state index in [0.29, 0.717) is 45.0 Å². The third kappa shape index (κ3) is 11.8. The van der Waals surface area contributed by atoms with Crippen LogP contribution >= 0.6 is 0 Å². The maximum Gasteiger partial charge on any atom is 0.259 e. The van der Waals surface area contributed by atoms with Crippen LogP contribution in [0.15, 0.2) is 92.0 Å². The molecule has 0 aliphatic carbocycles. The Morgan fingerprint density at radius 2 is 0.845 bits per heavy atom. The summed E-state index contributed by atoms with van der Waals surface area (Å²) in [4.78, 5) is 98.5. The van der Waals surface area contributed by atoms with Gasteiger partial charge in [-0.15, -0.1) is 0 Å². The number of H-pyrrole nitrogens is 2. The van der Waals surface area contributed by atoms with E-state index in [0.717, 1.165) is 0 Å². The van der Waals surface area contributed by atoms with Crippen molar-refractivity contribution >= 4 is 67.9 Å². The van der Waals surface area contributed by atoms with E-state index < -0.39 is 34.1 Å². The van der Waals surface area contributed by atoms with Gasteiger partial charge < -0.3 is 47.4 Å². The zero-order valence-corrected chi connectivity index (χ0v) is 37.8. The summed E-state index contributed by atoms with van der Waals surface area (Å²) in [5.41, 5.74) is 6.45. The number of carbonyl (C=O) groups is 4. The number of rotatable bonds is 0. The van der Waals surface area contributed by atoms with Crippen molar-refractivity contribution in [3.8, 4) is 0 Å². The summed E-state index contributed by atoms with van der Waals surface area (Å²) in [6.45, 7) is 20.3. The number of hydrogen-bond acceptors (Lipinski definition) is 10. The van der Waals surface area contributed by atoms with Crippen LogP contribution in [-0.2, 0) is 98.1 Å². The topological polar surface area (TPSA) is 309 Å². The Balaban J connectivity index is 0.000000375. The van der Waals surface area contributed by atoms with E-state index in [9.17, 15) is 38.4 Å². The minimum atomic E-state index is -0.523. The normalized spacial score (nSPS) is 10.9. The summed E-state index contributed by atoms with van der Waals surface area (Å²) in [7, 11) is 0. The predicted molar refractivity (Wildman–Crippen MR) is 197 cm³/mol. The van der Waals surface area contributed by atoms with E-state index in [1.54, 1.807) is 12.1 Å². The van der Waals surface area contributed by atoms with Crippen LogP contribution in [0.1, 0.15) is 41.4 Å². The number of fused-ring (bicyclic) bond motifs is 4. The molecule has 0 unspecified atom stereocenters. The molecule has 9 N–H and O–H groups in total. The molecule has 2 aliphatic rings. The Bertz CT molecular complexity index is 2820. The molecule has 0 saturated carbocycles. The molecule has 6 aromatic rings. The maximum absolute atomic E-state index is 11.2. The Hall–Kier alpha value is -5.46. The number of amides is 4. The van der Waals surface area contributed by atoms with Gasteiger partial charge in [0.25, 0.3) is 23.6 Å². The molecular weight excluding hydrogens is 983 g/mol. The molecule has 4 aromatic carbocycles. The molecule has 58 heavy (non-hydrogen) atoms. The van der Waals surface area contributed by atoms with Crippen LogP contribution in [0.3, 0.4) is 0 Å². The Kier molecular flexibility index (Phi) is 20.1. The van der Waals surface area contributed by atoms with Crippen molar-refractivity contribution in [2.45, 2.75) is 0 Å². The van der Waals surface area contributed by atoms with Crippen molar-refractivity contribution in [3.05, 3.63) is 177 Å². The molecule has 3 radical (unpaired) electrons. The van der Waals surface area contributed by atoms with Crippen LogP contribution in [0.5, 0.6) is 0 Å². The van der Waals surface area contributed by atoms with Gasteiger partial charge in [-0.1, -0.05) is 36.4 Å². The Morgan fingerprint density at radius 3 is 1.36 bits per heavy atom. The predicted octanol–water partition coefficient (Wildman–Crippen LogP) is 1.97. The number of imide groups is 2. The van der Waals surface area contributed by atoms with Crippen LogP contribution < -0.4 is 54.6 Å². The molecule has 0 bridgehead atoms. The third-order valence-electron chi connectivity index (χ3n) is 7.34. The first-order chi connectivity index (χ1) is 26.3. The SMILES string of the molecule is Nc1ccc2c(c1)C(=O)NC2=O.[C-]#[N+]c1ccc2c(=O)[n-][nH]c(=O)c2c1.[C-]#[N+]c1ccc2c(=O)[nH][n-]c(=O)c2c1.[C-]#[N+]c1ccc2c(c1)C(=O)NC2=O.[NH-]N.[Y].[Y].[Y]. The number of nitrogens with one attached hydrogen (secondary N) is 5. The zero-order chi connectivity index (χ0) is 40.4. The summed E-state index contributed by atoms with van der Waals surface area (Å²) < 4.78 is 0. The Morgan fingerprint density at radius 1 is 0.466 bits per heavy atom. The van der Waals surface area contributed by atoms with E-state index in [-0.39, 0.29) is 131 Å². The van der Waals surface area contributed by atoms with E-state index in [1.807, 2.05) is 0 Å². The number of nitrogen functional groups attached to an aromatic ring is 1. The average Bonchev–Trinajstić information content (AvgIpc) is 3.66. The molecule has 23 heteroatoms. The summed E-state index contributed by atoms with van der Waals surface area (Å²) in [5, 5.41) is 16.0. The van der Waals surface area contributed by atoms with Crippen molar-refractivity contribution in [1.29, 1.82) is 0 Å². The smallest absolute Gasteiger partial charge is 0.259 e. The van der Waals surface area contributed by atoms with Gasteiger partial charge in [0.15, 0.2) is 17.1 Å².